The molecule has 0 atom stereocenters. The number of nitrogens with one attached hydrogen (secondary N) is 1. The smallest absolute Gasteiger partial charge is 0.283 e. The number of para-hydroxylation sites is 2. The lowest BCUT2D eigenvalue weighted by Gasteiger charge is -2.20. The van der Waals surface area contributed by atoms with Crippen molar-refractivity contribution in [2.24, 2.45) is 10.1 Å². The van der Waals surface area contributed by atoms with Gasteiger partial charge in [-0.2, -0.15) is 15.1 Å². The maximum atomic E-state index is 12.6. The second kappa shape index (κ2) is 10.9. The Labute approximate surface area is 212 Å². The van der Waals surface area contributed by atoms with Gasteiger partial charge < -0.3 is 14.2 Å². The van der Waals surface area contributed by atoms with Crippen LogP contribution < -0.4 is 14.2 Å². The Balaban J connectivity index is 1.18. The van der Waals surface area contributed by atoms with E-state index in [4.69, 9.17) is 19.6 Å². The molecule has 9 heteroatoms. The summed E-state index contributed by atoms with van der Waals surface area (Å²) in [6.07, 6.45) is 1.63. The van der Waals surface area contributed by atoms with Crippen LogP contribution in [-0.2, 0) is 4.79 Å². The molecule has 0 saturated carbocycles. The Bertz CT molecular complexity index is 1340. The van der Waals surface area contributed by atoms with Crippen LogP contribution >= 0.6 is 11.8 Å². The van der Waals surface area contributed by atoms with Gasteiger partial charge in [-0.3, -0.25) is 10.2 Å². The molecule has 2 aliphatic heterocycles. The average molecular weight is 499 g/mol. The molecule has 0 fully saturated rings. The number of hydrazone groups is 1. The van der Waals surface area contributed by atoms with Crippen molar-refractivity contribution in [3.8, 4) is 17.2 Å². The maximum Gasteiger partial charge on any atom is 0.283 e. The molecule has 1 N–H and O–H groups in total. The summed E-state index contributed by atoms with van der Waals surface area (Å²) in [5.74, 6) is 1.70. The van der Waals surface area contributed by atoms with Crippen molar-refractivity contribution in [1.29, 1.82) is 5.41 Å². The molecule has 0 spiro atoms. The minimum atomic E-state index is -0.474. The number of aliphatic imine (C=N–C) groups is 1. The first-order chi connectivity index (χ1) is 17.7. The van der Waals surface area contributed by atoms with Crippen molar-refractivity contribution < 1.29 is 19.0 Å². The first-order valence-electron chi connectivity index (χ1n) is 11.2. The first-order valence-corrected chi connectivity index (χ1v) is 12.0. The number of benzene rings is 3. The third-order valence-corrected chi connectivity index (χ3v) is 6.04. The van der Waals surface area contributed by atoms with E-state index in [9.17, 15) is 4.79 Å². The number of rotatable bonds is 9. The predicted octanol–water partition coefficient (Wildman–Crippen LogP) is 4.84. The molecule has 180 valence electrons. The maximum absolute atomic E-state index is 12.6. The topological polar surface area (TPSA) is 96.6 Å². The number of fused-ring (bicyclic) bond motifs is 1. The second-order valence-corrected chi connectivity index (χ2v) is 8.74. The standard InChI is InChI=1S/C27H22N4O4S/c28-25-23(17-19-11-13-22(14-12-19)34-16-15-33-20-7-3-1-4-8-20)26(32)29-27-31(25)30-24(36-27)18-35-21-9-5-2-6-10-21/h1-14,17,28H,15-16,18H2/b23-17-,28-25?. The van der Waals surface area contributed by atoms with Crippen molar-refractivity contribution in [1.82, 2.24) is 5.01 Å². The van der Waals surface area contributed by atoms with Crippen molar-refractivity contribution in [2.75, 3.05) is 19.8 Å². The van der Waals surface area contributed by atoms with E-state index in [2.05, 4.69) is 10.1 Å². The number of carbonyl (C=O) groups is 1. The predicted molar refractivity (Wildman–Crippen MR) is 141 cm³/mol. The molecule has 0 radical (unpaired) electrons. The van der Waals surface area contributed by atoms with E-state index in [1.54, 1.807) is 6.08 Å². The largest absolute Gasteiger partial charge is 0.490 e. The molecule has 0 unspecified atom stereocenters. The SMILES string of the molecule is N=C1/C(=C/c2ccc(OCCOc3ccccc3)cc2)C(=O)N=C2SC(COc3ccccc3)=NN12. The molecule has 8 nitrogen and oxygen atoms in total. The molecule has 0 saturated heterocycles. The molecule has 3 aromatic carbocycles. The number of hydrogen-bond donors (Lipinski definition) is 1. The number of thioether (sulfide) groups is 1. The van der Waals surface area contributed by atoms with Gasteiger partial charge in [0.05, 0.1) is 5.57 Å². The lowest BCUT2D eigenvalue weighted by atomic mass is 10.1. The van der Waals surface area contributed by atoms with E-state index in [1.165, 1.54) is 16.8 Å². The highest BCUT2D eigenvalue weighted by molar-refractivity contribution is 8.27. The van der Waals surface area contributed by atoms with Gasteiger partial charge in [0.1, 0.15) is 42.1 Å². The molecule has 3 aromatic rings. The lowest BCUT2D eigenvalue weighted by Crippen LogP contribution is -2.35. The number of hydrogen-bond acceptors (Lipinski definition) is 7. The van der Waals surface area contributed by atoms with Gasteiger partial charge in [-0.15, -0.1) is 0 Å². The van der Waals surface area contributed by atoms with E-state index < -0.39 is 5.91 Å². The fourth-order valence-electron chi connectivity index (χ4n) is 3.41. The third-order valence-electron chi connectivity index (χ3n) is 5.16. The van der Waals surface area contributed by atoms with Crippen LogP contribution in [0.2, 0.25) is 0 Å². The molecule has 1 amide bonds. The average Bonchev–Trinajstić information content (AvgIpc) is 3.33. The van der Waals surface area contributed by atoms with E-state index in [0.717, 1.165) is 17.1 Å². The molecule has 2 heterocycles. The van der Waals surface area contributed by atoms with E-state index in [0.29, 0.717) is 29.2 Å². The Morgan fingerprint density at radius 3 is 2.03 bits per heavy atom. The van der Waals surface area contributed by atoms with Gasteiger partial charge in [0.2, 0.25) is 5.17 Å². The molecular formula is C27H22N4O4S. The van der Waals surface area contributed by atoms with Crippen LogP contribution in [0.3, 0.4) is 0 Å². The summed E-state index contributed by atoms with van der Waals surface area (Å²) in [5, 5.41) is 15.3. The highest BCUT2D eigenvalue weighted by Gasteiger charge is 2.35. The number of ether oxygens (including phenoxy) is 3. The number of amidine groups is 2. The van der Waals surface area contributed by atoms with E-state index in [-0.39, 0.29) is 18.0 Å². The molecule has 0 bridgehead atoms. The molecule has 0 aromatic heterocycles. The van der Waals surface area contributed by atoms with Crippen molar-refractivity contribution in [2.45, 2.75) is 0 Å². The van der Waals surface area contributed by atoms with E-state index >= 15 is 0 Å². The molecular weight excluding hydrogens is 476 g/mol. The zero-order valence-corrected chi connectivity index (χ0v) is 20.0. The van der Waals surface area contributed by atoms with Crippen LogP contribution in [0, 0.1) is 5.41 Å². The number of nitrogens with zero attached hydrogens (tertiary/aromatic N) is 3. The summed E-state index contributed by atoms with van der Waals surface area (Å²) in [6, 6.07) is 26.2. The van der Waals surface area contributed by atoms with Crippen LogP contribution in [0.15, 0.2) is 101 Å². The van der Waals surface area contributed by atoms with Crippen LogP contribution in [0.4, 0.5) is 0 Å². The fraction of sp³-hybridized carbons (Fsp3) is 0.111. The van der Waals surface area contributed by atoms with Gasteiger partial charge in [0, 0.05) is 0 Å². The lowest BCUT2D eigenvalue weighted by molar-refractivity contribution is -0.114. The van der Waals surface area contributed by atoms with Crippen molar-refractivity contribution in [3.05, 3.63) is 96.1 Å². The molecule has 0 aliphatic carbocycles. The number of amides is 1. The normalized spacial score (nSPS) is 15.9. The van der Waals surface area contributed by atoms with Gasteiger partial charge >= 0.3 is 0 Å². The summed E-state index contributed by atoms with van der Waals surface area (Å²) in [6.45, 7) is 1.05. The Morgan fingerprint density at radius 2 is 1.39 bits per heavy atom. The van der Waals surface area contributed by atoms with Crippen molar-refractivity contribution >= 4 is 39.8 Å². The Kier molecular flexibility index (Phi) is 7.09. The molecule has 36 heavy (non-hydrogen) atoms. The summed E-state index contributed by atoms with van der Waals surface area (Å²) < 4.78 is 17.1. The van der Waals surface area contributed by atoms with E-state index in [1.807, 2.05) is 84.9 Å². The molecule has 2 aliphatic rings. The highest BCUT2D eigenvalue weighted by Crippen LogP contribution is 2.29. The second-order valence-electron chi connectivity index (χ2n) is 7.69. The summed E-state index contributed by atoms with van der Waals surface area (Å²) >= 11 is 1.22. The minimum absolute atomic E-state index is 0.0226. The van der Waals surface area contributed by atoms with Crippen LogP contribution in [0.1, 0.15) is 5.56 Å². The number of carbonyl (C=O) groups excluding carboxylic acids is 1. The third kappa shape index (κ3) is 5.64. The summed E-state index contributed by atoms with van der Waals surface area (Å²) in [7, 11) is 0. The fourth-order valence-corrected chi connectivity index (χ4v) is 4.21. The van der Waals surface area contributed by atoms with Gasteiger partial charge in [0.25, 0.3) is 5.91 Å². The Morgan fingerprint density at radius 1 is 0.806 bits per heavy atom. The summed E-state index contributed by atoms with van der Waals surface area (Å²) in [4.78, 5) is 16.8. The summed E-state index contributed by atoms with van der Waals surface area (Å²) in [5.41, 5.74) is 0.913. The monoisotopic (exact) mass is 498 g/mol. The van der Waals surface area contributed by atoms with Gasteiger partial charge in [-0.1, -0.05) is 48.5 Å². The van der Waals surface area contributed by atoms with Crippen molar-refractivity contribution in [3.63, 3.8) is 0 Å². The van der Waals surface area contributed by atoms with Gasteiger partial charge in [0.15, 0.2) is 5.84 Å². The van der Waals surface area contributed by atoms with Gasteiger partial charge in [-0.05, 0) is 59.8 Å². The van der Waals surface area contributed by atoms with Gasteiger partial charge in [-0.25, -0.2) is 0 Å². The minimum Gasteiger partial charge on any atom is -0.490 e. The van der Waals surface area contributed by atoms with Crippen LogP contribution in [0.25, 0.3) is 6.08 Å². The Hall–Kier alpha value is -4.37. The molecule has 5 rings (SSSR count). The first kappa shape index (κ1) is 23.4. The van der Waals surface area contributed by atoms with Crippen LogP contribution in [0.5, 0.6) is 17.2 Å². The quantitative estimate of drug-likeness (QED) is 0.335. The van der Waals surface area contributed by atoms with Crippen LogP contribution in [-0.4, -0.2) is 46.8 Å². The highest BCUT2D eigenvalue weighted by atomic mass is 32.2. The zero-order chi connectivity index (χ0) is 24.7. The zero-order valence-electron chi connectivity index (χ0n) is 19.2.